The van der Waals surface area contributed by atoms with Crippen molar-refractivity contribution in [3.05, 3.63) is 82.2 Å². The van der Waals surface area contributed by atoms with Gasteiger partial charge in [0.2, 0.25) is 6.79 Å². The van der Waals surface area contributed by atoms with Crippen molar-refractivity contribution in [2.24, 2.45) is 0 Å². The van der Waals surface area contributed by atoms with Gasteiger partial charge in [0, 0.05) is 24.7 Å². The van der Waals surface area contributed by atoms with E-state index in [2.05, 4.69) is 40.5 Å². The maximum Gasteiger partial charge on any atom is 0.340 e. The molecule has 0 radical (unpaired) electrons. The van der Waals surface area contributed by atoms with Crippen LogP contribution in [0.3, 0.4) is 0 Å². The summed E-state index contributed by atoms with van der Waals surface area (Å²) < 4.78 is 16.3. The van der Waals surface area contributed by atoms with Crippen molar-refractivity contribution in [3.8, 4) is 22.8 Å². The van der Waals surface area contributed by atoms with Crippen molar-refractivity contribution in [1.82, 2.24) is 10.2 Å². The summed E-state index contributed by atoms with van der Waals surface area (Å²) in [6.45, 7) is 3.86. The van der Waals surface area contributed by atoms with Gasteiger partial charge in [-0.2, -0.15) is 0 Å². The maximum absolute atomic E-state index is 12.5. The van der Waals surface area contributed by atoms with Crippen LogP contribution in [-0.4, -0.2) is 30.8 Å². The lowest BCUT2D eigenvalue weighted by Gasteiger charge is -2.32. The number of piperidine rings is 1. The Labute approximate surface area is 181 Å². The number of likely N-dealkylation sites (tertiary alicyclic amines) is 1. The summed E-state index contributed by atoms with van der Waals surface area (Å²) in [5.41, 5.74) is 2.50. The highest BCUT2D eigenvalue weighted by atomic mass is 16.7. The molecule has 2 aliphatic rings. The van der Waals surface area contributed by atoms with Crippen LogP contribution in [0, 0.1) is 0 Å². The third-order valence-corrected chi connectivity index (χ3v) is 5.98. The van der Waals surface area contributed by atoms with E-state index >= 15 is 0 Å². The number of hydrogen-bond donors (Lipinski definition) is 1. The van der Waals surface area contributed by atoms with Crippen molar-refractivity contribution in [1.29, 1.82) is 0 Å². The Hall–Kier alpha value is -3.09. The number of ether oxygens (including phenoxy) is 2. The molecule has 6 nitrogen and oxygen atoms in total. The van der Waals surface area contributed by atoms with Gasteiger partial charge >= 0.3 is 5.63 Å². The molecule has 0 aliphatic carbocycles. The van der Waals surface area contributed by atoms with Gasteiger partial charge in [0.05, 0.1) is 5.56 Å². The quantitative estimate of drug-likeness (QED) is 0.657. The second-order valence-electron chi connectivity index (χ2n) is 8.10. The molecule has 2 aliphatic heterocycles. The SMILES string of the molecule is O=c1oc(-c2ccc3c(c2)OCO3)ccc1CNC1CCN(Cc2ccccc2)CC1. The van der Waals surface area contributed by atoms with Crippen LogP contribution in [0.25, 0.3) is 11.3 Å². The molecular formula is C25H26N2O4. The molecule has 1 N–H and O–H groups in total. The number of hydrogen-bond acceptors (Lipinski definition) is 6. The zero-order chi connectivity index (χ0) is 21.0. The number of benzene rings is 2. The molecule has 160 valence electrons. The number of fused-ring (bicyclic) bond motifs is 1. The molecule has 0 amide bonds. The molecule has 0 spiro atoms. The molecule has 1 fully saturated rings. The van der Waals surface area contributed by atoms with E-state index in [-0.39, 0.29) is 12.4 Å². The zero-order valence-electron chi connectivity index (χ0n) is 17.4. The van der Waals surface area contributed by atoms with Crippen LogP contribution in [0.5, 0.6) is 11.5 Å². The second-order valence-corrected chi connectivity index (χ2v) is 8.10. The average molecular weight is 418 g/mol. The summed E-state index contributed by atoms with van der Waals surface area (Å²) in [5.74, 6) is 1.91. The van der Waals surface area contributed by atoms with E-state index in [0.29, 0.717) is 35.4 Å². The van der Waals surface area contributed by atoms with Crippen LogP contribution in [-0.2, 0) is 13.1 Å². The fourth-order valence-corrected chi connectivity index (χ4v) is 4.17. The summed E-state index contributed by atoms with van der Waals surface area (Å²) in [5, 5.41) is 3.53. The van der Waals surface area contributed by atoms with E-state index in [9.17, 15) is 4.79 Å². The van der Waals surface area contributed by atoms with Gasteiger partial charge < -0.3 is 19.2 Å². The van der Waals surface area contributed by atoms with Crippen molar-refractivity contribution in [2.45, 2.75) is 32.0 Å². The third kappa shape index (κ3) is 4.65. The normalized spacial score (nSPS) is 16.5. The minimum absolute atomic E-state index is 0.221. The molecule has 3 aromatic rings. The van der Waals surface area contributed by atoms with Gasteiger partial charge in [-0.15, -0.1) is 0 Å². The van der Waals surface area contributed by atoms with E-state index in [0.717, 1.165) is 38.0 Å². The van der Waals surface area contributed by atoms with Gasteiger partial charge in [-0.05, 0) is 61.8 Å². The Morgan fingerprint density at radius 2 is 1.74 bits per heavy atom. The summed E-state index contributed by atoms with van der Waals surface area (Å²) in [6, 6.07) is 20.2. The molecule has 1 aromatic heterocycles. The molecule has 0 unspecified atom stereocenters. The van der Waals surface area contributed by atoms with E-state index in [1.807, 2.05) is 30.3 Å². The molecule has 31 heavy (non-hydrogen) atoms. The molecule has 2 aromatic carbocycles. The zero-order valence-corrected chi connectivity index (χ0v) is 17.4. The molecule has 0 saturated carbocycles. The lowest BCUT2D eigenvalue weighted by molar-refractivity contribution is 0.174. The van der Waals surface area contributed by atoms with Gasteiger partial charge in [-0.1, -0.05) is 30.3 Å². The molecule has 1 saturated heterocycles. The van der Waals surface area contributed by atoms with Gasteiger partial charge in [-0.25, -0.2) is 4.79 Å². The van der Waals surface area contributed by atoms with Crippen LogP contribution in [0.2, 0.25) is 0 Å². The summed E-state index contributed by atoms with van der Waals surface area (Å²) in [4.78, 5) is 15.0. The minimum atomic E-state index is -0.302. The number of nitrogens with one attached hydrogen (secondary N) is 1. The van der Waals surface area contributed by atoms with Crippen molar-refractivity contribution in [3.63, 3.8) is 0 Å². The molecule has 6 heteroatoms. The largest absolute Gasteiger partial charge is 0.454 e. The summed E-state index contributed by atoms with van der Waals surface area (Å²) in [7, 11) is 0. The fourth-order valence-electron chi connectivity index (χ4n) is 4.17. The molecule has 3 heterocycles. The van der Waals surface area contributed by atoms with Crippen LogP contribution < -0.4 is 20.4 Å². The third-order valence-electron chi connectivity index (χ3n) is 5.98. The Bertz CT molecular complexity index is 1090. The monoisotopic (exact) mass is 418 g/mol. The van der Waals surface area contributed by atoms with Crippen molar-refractivity contribution < 1.29 is 13.9 Å². The Balaban J connectivity index is 1.15. The maximum atomic E-state index is 12.5. The first kappa shape index (κ1) is 19.8. The van der Waals surface area contributed by atoms with Crippen LogP contribution in [0.4, 0.5) is 0 Å². The van der Waals surface area contributed by atoms with Gasteiger partial charge in [0.1, 0.15) is 5.76 Å². The fraction of sp³-hybridized carbons (Fsp3) is 0.320. The average Bonchev–Trinajstić information content (AvgIpc) is 3.28. The molecule has 0 bridgehead atoms. The highest BCUT2D eigenvalue weighted by Crippen LogP contribution is 2.35. The highest BCUT2D eigenvalue weighted by molar-refractivity contribution is 5.63. The molecular weight excluding hydrogens is 392 g/mol. The van der Waals surface area contributed by atoms with Gasteiger partial charge in [0.25, 0.3) is 0 Å². The van der Waals surface area contributed by atoms with E-state index in [1.165, 1.54) is 5.56 Å². The number of nitrogens with zero attached hydrogens (tertiary/aromatic N) is 1. The Morgan fingerprint density at radius 3 is 2.55 bits per heavy atom. The van der Waals surface area contributed by atoms with E-state index in [1.54, 1.807) is 0 Å². The first-order chi connectivity index (χ1) is 15.2. The smallest absolute Gasteiger partial charge is 0.340 e. The summed E-state index contributed by atoms with van der Waals surface area (Å²) in [6.07, 6.45) is 2.15. The van der Waals surface area contributed by atoms with Gasteiger partial charge in [0.15, 0.2) is 11.5 Å². The van der Waals surface area contributed by atoms with Crippen LogP contribution in [0.15, 0.2) is 69.9 Å². The standard InChI is InChI=1S/C25H26N2O4/c28-25-20(7-8-22(31-25)19-6-9-23-24(14-19)30-17-29-23)15-26-21-10-12-27(13-11-21)16-18-4-2-1-3-5-18/h1-9,14,21,26H,10-13,15-17H2. The topological polar surface area (TPSA) is 63.9 Å². The van der Waals surface area contributed by atoms with E-state index < -0.39 is 0 Å². The lowest BCUT2D eigenvalue weighted by Crippen LogP contribution is -2.42. The number of rotatable bonds is 6. The predicted molar refractivity (Wildman–Crippen MR) is 118 cm³/mol. The van der Waals surface area contributed by atoms with Crippen molar-refractivity contribution in [2.75, 3.05) is 19.9 Å². The van der Waals surface area contributed by atoms with E-state index in [4.69, 9.17) is 13.9 Å². The Morgan fingerprint density at radius 1 is 0.935 bits per heavy atom. The Kier molecular flexibility index (Phi) is 5.74. The summed E-state index contributed by atoms with van der Waals surface area (Å²) >= 11 is 0. The molecule has 5 rings (SSSR count). The first-order valence-corrected chi connectivity index (χ1v) is 10.8. The lowest BCUT2D eigenvalue weighted by atomic mass is 10.0. The first-order valence-electron chi connectivity index (χ1n) is 10.8. The van der Waals surface area contributed by atoms with Gasteiger partial charge in [-0.3, -0.25) is 4.90 Å². The molecule has 0 atom stereocenters. The minimum Gasteiger partial charge on any atom is -0.454 e. The van der Waals surface area contributed by atoms with Crippen LogP contribution in [0.1, 0.15) is 24.0 Å². The van der Waals surface area contributed by atoms with Crippen LogP contribution >= 0.6 is 0 Å². The predicted octanol–water partition coefficient (Wildman–Crippen LogP) is 3.79. The van der Waals surface area contributed by atoms with Crippen molar-refractivity contribution >= 4 is 0 Å². The second kappa shape index (κ2) is 8.96. The highest BCUT2D eigenvalue weighted by Gasteiger charge is 2.20.